The number of ether oxygens (including phenoxy) is 1. The van der Waals surface area contributed by atoms with Crippen LogP contribution in [0.2, 0.25) is 0 Å². The molecule has 1 aliphatic carbocycles. The molecule has 2 aliphatic rings. The molecule has 180 valence electrons. The average Bonchev–Trinajstić information content (AvgIpc) is 3.52. The van der Waals surface area contributed by atoms with E-state index in [4.69, 9.17) is 4.74 Å². The van der Waals surface area contributed by atoms with Crippen molar-refractivity contribution in [2.75, 3.05) is 39.1 Å². The second kappa shape index (κ2) is 11.0. The van der Waals surface area contributed by atoms with E-state index >= 15 is 0 Å². The molecule has 1 aromatic carbocycles. The SMILES string of the molecule is CSc1nnc(CCCNC(=O)c2ccc(S(=O)(=O)N3CCOCC3)cc2)n1C1CCCC1. The summed E-state index contributed by atoms with van der Waals surface area (Å²) in [4.78, 5) is 12.7. The highest BCUT2D eigenvalue weighted by molar-refractivity contribution is 7.98. The first-order valence-electron chi connectivity index (χ1n) is 11.4. The summed E-state index contributed by atoms with van der Waals surface area (Å²) in [6.07, 6.45) is 8.38. The fraction of sp³-hybridized carbons (Fsp3) is 0.591. The van der Waals surface area contributed by atoms with E-state index < -0.39 is 10.0 Å². The smallest absolute Gasteiger partial charge is 0.251 e. The average molecular weight is 494 g/mol. The molecule has 2 heterocycles. The second-order valence-corrected chi connectivity index (χ2v) is 11.0. The molecule has 1 saturated carbocycles. The molecule has 2 aromatic rings. The highest BCUT2D eigenvalue weighted by Gasteiger charge is 2.26. The number of carbonyl (C=O) groups excluding carboxylic acids is 1. The van der Waals surface area contributed by atoms with Gasteiger partial charge in [0.1, 0.15) is 5.82 Å². The van der Waals surface area contributed by atoms with E-state index in [0.717, 1.165) is 23.8 Å². The van der Waals surface area contributed by atoms with Gasteiger partial charge in [-0.2, -0.15) is 4.31 Å². The summed E-state index contributed by atoms with van der Waals surface area (Å²) in [5.74, 6) is 0.769. The van der Waals surface area contributed by atoms with Crippen LogP contribution in [-0.2, 0) is 21.2 Å². The lowest BCUT2D eigenvalue weighted by molar-refractivity contribution is 0.0730. The number of aryl methyl sites for hydroxylation is 1. The van der Waals surface area contributed by atoms with Gasteiger partial charge in [-0.05, 0) is 49.8 Å². The molecule has 1 aromatic heterocycles. The first-order chi connectivity index (χ1) is 16.0. The minimum atomic E-state index is -3.56. The molecule has 11 heteroatoms. The van der Waals surface area contributed by atoms with E-state index in [9.17, 15) is 13.2 Å². The number of hydrogen-bond donors (Lipinski definition) is 1. The molecule has 0 radical (unpaired) electrons. The number of rotatable bonds is 9. The minimum Gasteiger partial charge on any atom is -0.379 e. The lowest BCUT2D eigenvalue weighted by atomic mass is 10.2. The van der Waals surface area contributed by atoms with Crippen LogP contribution in [0, 0.1) is 0 Å². The van der Waals surface area contributed by atoms with Gasteiger partial charge in [0.15, 0.2) is 5.16 Å². The van der Waals surface area contributed by atoms with Crippen molar-refractivity contribution in [1.29, 1.82) is 0 Å². The molecule has 0 atom stereocenters. The molecule has 9 nitrogen and oxygen atoms in total. The zero-order valence-electron chi connectivity index (χ0n) is 18.9. The standard InChI is InChI=1S/C22H31N5O4S2/c1-32-22-25-24-20(27(22)18-5-2-3-6-18)7-4-12-23-21(28)17-8-10-19(11-9-17)33(29,30)26-13-15-31-16-14-26/h8-11,18H,2-7,12-16H2,1H3,(H,23,28). The third kappa shape index (κ3) is 5.59. The van der Waals surface area contributed by atoms with Crippen LogP contribution in [0.15, 0.2) is 34.3 Å². The molecule has 1 saturated heterocycles. The molecule has 33 heavy (non-hydrogen) atoms. The Balaban J connectivity index is 1.29. The van der Waals surface area contributed by atoms with Gasteiger partial charge in [-0.25, -0.2) is 8.42 Å². The van der Waals surface area contributed by atoms with E-state index in [-0.39, 0.29) is 10.8 Å². The largest absolute Gasteiger partial charge is 0.379 e. The Bertz CT molecular complexity index is 1040. The van der Waals surface area contributed by atoms with Crippen LogP contribution in [0.1, 0.15) is 54.3 Å². The monoisotopic (exact) mass is 493 g/mol. The minimum absolute atomic E-state index is 0.191. The van der Waals surface area contributed by atoms with E-state index in [0.29, 0.717) is 44.5 Å². The maximum absolute atomic E-state index is 12.7. The molecule has 2 fully saturated rings. The van der Waals surface area contributed by atoms with E-state index in [2.05, 4.69) is 20.1 Å². The highest BCUT2D eigenvalue weighted by atomic mass is 32.2. The van der Waals surface area contributed by atoms with Gasteiger partial charge in [0.25, 0.3) is 5.91 Å². The number of sulfonamides is 1. The van der Waals surface area contributed by atoms with Crippen molar-refractivity contribution >= 4 is 27.7 Å². The summed E-state index contributed by atoms with van der Waals surface area (Å²) in [7, 11) is -3.56. The van der Waals surface area contributed by atoms with Crippen molar-refractivity contribution in [3.8, 4) is 0 Å². The van der Waals surface area contributed by atoms with Gasteiger partial charge < -0.3 is 14.6 Å². The molecular weight excluding hydrogens is 462 g/mol. The van der Waals surface area contributed by atoms with Crippen LogP contribution in [0.4, 0.5) is 0 Å². The Labute approximate surface area is 199 Å². The van der Waals surface area contributed by atoms with Gasteiger partial charge in [-0.1, -0.05) is 24.6 Å². The second-order valence-electron chi connectivity index (χ2n) is 8.31. The van der Waals surface area contributed by atoms with E-state index in [1.54, 1.807) is 23.9 Å². The number of carbonyl (C=O) groups is 1. The Hall–Kier alpha value is -1.95. The van der Waals surface area contributed by atoms with Crippen molar-refractivity contribution in [1.82, 2.24) is 24.4 Å². The number of morpholine rings is 1. The zero-order chi connectivity index (χ0) is 23.3. The van der Waals surface area contributed by atoms with Gasteiger partial charge in [0.05, 0.1) is 18.1 Å². The number of hydrogen-bond acceptors (Lipinski definition) is 7. The topological polar surface area (TPSA) is 106 Å². The summed E-state index contributed by atoms with van der Waals surface area (Å²) < 4.78 is 34.4. The number of benzene rings is 1. The third-order valence-corrected chi connectivity index (χ3v) is 8.75. The van der Waals surface area contributed by atoms with Gasteiger partial charge in [-0.3, -0.25) is 4.79 Å². The molecule has 4 rings (SSSR count). The van der Waals surface area contributed by atoms with Crippen LogP contribution in [0.3, 0.4) is 0 Å². The number of nitrogens with zero attached hydrogens (tertiary/aromatic N) is 4. The predicted octanol–water partition coefficient (Wildman–Crippen LogP) is 2.50. The number of amides is 1. The quantitative estimate of drug-likeness (QED) is 0.422. The summed E-state index contributed by atoms with van der Waals surface area (Å²) >= 11 is 1.62. The number of nitrogens with one attached hydrogen (secondary N) is 1. The lowest BCUT2D eigenvalue weighted by Gasteiger charge is -2.26. The zero-order valence-corrected chi connectivity index (χ0v) is 20.5. The van der Waals surface area contributed by atoms with Crippen LogP contribution in [0.25, 0.3) is 0 Å². The van der Waals surface area contributed by atoms with Crippen molar-refractivity contribution < 1.29 is 17.9 Å². The van der Waals surface area contributed by atoms with E-state index in [1.165, 1.54) is 42.1 Å². The van der Waals surface area contributed by atoms with E-state index in [1.807, 2.05) is 6.26 Å². The number of thioether (sulfide) groups is 1. The van der Waals surface area contributed by atoms with Crippen molar-refractivity contribution in [3.63, 3.8) is 0 Å². The third-order valence-electron chi connectivity index (χ3n) is 6.19. The molecule has 0 bridgehead atoms. The Morgan fingerprint density at radius 1 is 1.15 bits per heavy atom. The Morgan fingerprint density at radius 2 is 1.85 bits per heavy atom. The first kappa shape index (κ1) is 24.2. The molecule has 1 aliphatic heterocycles. The van der Waals surface area contributed by atoms with Crippen LogP contribution in [-0.4, -0.2) is 72.5 Å². The maximum Gasteiger partial charge on any atom is 0.251 e. The fourth-order valence-corrected chi connectivity index (χ4v) is 6.39. The first-order valence-corrected chi connectivity index (χ1v) is 14.1. The van der Waals surface area contributed by atoms with Crippen LogP contribution in [0.5, 0.6) is 0 Å². The normalized spacial score (nSPS) is 18.0. The van der Waals surface area contributed by atoms with Gasteiger partial charge in [-0.15, -0.1) is 10.2 Å². The summed E-state index contributed by atoms with van der Waals surface area (Å²) in [5.41, 5.74) is 0.440. The number of aromatic nitrogens is 3. The molecule has 0 spiro atoms. The van der Waals surface area contributed by atoms with Gasteiger partial charge in [0.2, 0.25) is 10.0 Å². The van der Waals surface area contributed by atoms with Crippen molar-refractivity contribution in [3.05, 3.63) is 35.7 Å². The molecular formula is C22H31N5O4S2. The fourth-order valence-electron chi connectivity index (χ4n) is 4.41. The lowest BCUT2D eigenvalue weighted by Crippen LogP contribution is -2.40. The predicted molar refractivity (Wildman–Crippen MR) is 126 cm³/mol. The maximum atomic E-state index is 12.7. The summed E-state index contributed by atoms with van der Waals surface area (Å²) in [5, 5.41) is 12.6. The van der Waals surface area contributed by atoms with Crippen molar-refractivity contribution in [2.24, 2.45) is 0 Å². The van der Waals surface area contributed by atoms with Crippen LogP contribution < -0.4 is 5.32 Å². The summed E-state index contributed by atoms with van der Waals surface area (Å²) in [6, 6.07) is 6.59. The van der Waals surface area contributed by atoms with Gasteiger partial charge in [0, 0.05) is 37.7 Å². The highest BCUT2D eigenvalue weighted by Crippen LogP contribution is 2.33. The van der Waals surface area contributed by atoms with Gasteiger partial charge >= 0.3 is 0 Å². The molecule has 0 unspecified atom stereocenters. The molecule has 1 N–H and O–H groups in total. The van der Waals surface area contributed by atoms with Crippen LogP contribution >= 0.6 is 11.8 Å². The summed E-state index contributed by atoms with van der Waals surface area (Å²) in [6.45, 7) is 2.00. The Kier molecular flexibility index (Phi) is 8.05. The van der Waals surface area contributed by atoms with Crippen molar-refractivity contribution in [2.45, 2.75) is 54.6 Å². The Morgan fingerprint density at radius 3 is 2.52 bits per heavy atom. The molecule has 1 amide bonds.